The van der Waals surface area contributed by atoms with Gasteiger partial charge in [0.15, 0.2) is 0 Å². The van der Waals surface area contributed by atoms with Crippen LogP contribution < -0.4 is 5.32 Å². The van der Waals surface area contributed by atoms with Gasteiger partial charge in [0.25, 0.3) is 0 Å². The van der Waals surface area contributed by atoms with E-state index in [4.69, 9.17) is 0 Å². The minimum atomic E-state index is -0.615. The molecule has 2 rings (SSSR count). The summed E-state index contributed by atoms with van der Waals surface area (Å²) >= 11 is 0. The summed E-state index contributed by atoms with van der Waals surface area (Å²) in [5, 5.41) is 13.1. The van der Waals surface area contributed by atoms with Crippen LogP contribution in [0.25, 0.3) is 0 Å². The van der Waals surface area contributed by atoms with E-state index in [-0.39, 0.29) is 11.9 Å². The van der Waals surface area contributed by atoms with Gasteiger partial charge in [-0.1, -0.05) is 13.8 Å². The van der Waals surface area contributed by atoms with Gasteiger partial charge in [-0.15, -0.1) is 0 Å². The number of carbonyl (C=O) groups is 1. The van der Waals surface area contributed by atoms with Crippen molar-refractivity contribution in [1.29, 1.82) is 0 Å². The zero-order chi connectivity index (χ0) is 11.8. The zero-order valence-electron chi connectivity index (χ0n) is 10.2. The Bertz CT molecular complexity index is 274. The molecule has 4 heteroatoms. The molecule has 1 amide bonds. The number of β-amino-alcohol motifs (C(OH)–C–C–N with tert-alkyl or cyclic N) is 1. The SMILES string of the molecule is CCC1(O)CN(C(=O)C2CC(C)CCN2)C1. The van der Waals surface area contributed by atoms with Crippen LogP contribution in [0.5, 0.6) is 0 Å². The second-order valence-corrected chi connectivity index (χ2v) is 5.41. The lowest BCUT2D eigenvalue weighted by molar-refractivity contribution is -0.158. The summed E-state index contributed by atoms with van der Waals surface area (Å²) in [5.41, 5.74) is -0.615. The second kappa shape index (κ2) is 4.34. The zero-order valence-corrected chi connectivity index (χ0v) is 10.2. The van der Waals surface area contributed by atoms with E-state index in [2.05, 4.69) is 12.2 Å². The maximum Gasteiger partial charge on any atom is 0.239 e. The molecule has 2 atom stereocenters. The molecule has 0 bridgehead atoms. The third kappa shape index (κ3) is 2.23. The maximum absolute atomic E-state index is 12.1. The molecule has 16 heavy (non-hydrogen) atoms. The highest BCUT2D eigenvalue weighted by Gasteiger charge is 2.44. The number of amides is 1. The number of rotatable bonds is 2. The number of nitrogens with one attached hydrogen (secondary N) is 1. The normalized spacial score (nSPS) is 33.3. The number of hydrogen-bond donors (Lipinski definition) is 2. The third-order valence-corrected chi connectivity index (χ3v) is 3.90. The van der Waals surface area contributed by atoms with Crippen LogP contribution in [0.4, 0.5) is 0 Å². The van der Waals surface area contributed by atoms with Gasteiger partial charge >= 0.3 is 0 Å². The van der Waals surface area contributed by atoms with Crippen molar-refractivity contribution in [3.63, 3.8) is 0 Å². The standard InChI is InChI=1S/C12H22N2O2/c1-3-12(16)7-14(8-12)11(15)10-6-9(2)4-5-13-10/h9-10,13,16H,3-8H2,1-2H3. The first-order valence-electron chi connectivity index (χ1n) is 6.28. The van der Waals surface area contributed by atoms with Gasteiger partial charge in [-0.2, -0.15) is 0 Å². The van der Waals surface area contributed by atoms with E-state index in [1.807, 2.05) is 6.92 Å². The van der Waals surface area contributed by atoms with Crippen LogP contribution in [0.15, 0.2) is 0 Å². The van der Waals surface area contributed by atoms with E-state index < -0.39 is 5.60 Å². The molecule has 2 unspecified atom stereocenters. The van der Waals surface area contributed by atoms with Crippen molar-refractivity contribution in [2.45, 2.75) is 44.8 Å². The predicted molar refractivity (Wildman–Crippen MR) is 62.0 cm³/mol. The highest BCUT2D eigenvalue weighted by atomic mass is 16.3. The van der Waals surface area contributed by atoms with Crippen molar-refractivity contribution < 1.29 is 9.90 Å². The first-order chi connectivity index (χ1) is 7.54. The summed E-state index contributed by atoms with van der Waals surface area (Å²) < 4.78 is 0. The Morgan fingerprint density at radius 2 is 2.25 bits per heavy atom. The van der Waals surface area contributed by atoms with Crippen molar-refractivity contribution in [2.75, 3.05) is 19.6 Å². The summed E-state index contributed by atoms with van der Waals surface area (Å²) in [6.07, 6.45) is 2.81. The van der Waals surface area contributed by atoms with Gasteiger partial charge in [-0.25, -0.2) is 0 Å². The molecule has 92 valence electrons. The van der Waals surface area contributed by atoms with Crippen molar-refractivity contribution in [3.05, 3.63) is 0 Å². The van der Waals surface area contributed by atoms with Crippen LogP contribution in [0.1, 0.15) is 33.1 Å². The molecule has 2 N–H and O–H groups in total. The molecule has 2 heterocycles. The van der Waals surface area contributed by atoms with Crippen molar-refractivity contribution in [3.8, 4) is 0 Å². The predicted octanol–water partition coefficient (Wildman–Crippen LogP) is 0.358. The lowest BCUT2D eigenvalue weighted by Gasteiger charge is -2.47. The van der Waals surface area contributed by atoms with Crippen LogP contribution >= 0.6 is 0 Å². The molecule has 0 aromatic rings. The molecular weight excluding hydrogens is 204 g/mol. The summed E-state index contributed by atoms with van der Waals surface area (Å²) in [6, 6.07) is -0.0230. The molecule has 0 aromatic heterocycles. The molecule has 2 aliphatic rings. The van der Waals surface area contributed by atoms with Crippen LogP contribution in [0, 0.1) is 5.92 Å². The van der Waals surface area contributed by atoms with Crippen LogP contribution in [0.2, 0.25) is 0 Å². The molecule has 0 saturated carbocycles. The van der Waals surface area contributed by atoms with E-state index in [1.165, 1.54) is 0 Å². The van der Waals surface area contributed by atoms with E-state index in [0.29, 0.717) is 19.0 Å². The molecular formula is C12H22N2O2. The van der Waals surface area contributed by atoms with E-state index in [9.17, 15) is 9.90 Å². The van der Waals surface area contributed by atoms with Crippen LogP contribution in [-0.2, 0) is 4.79 Å². The third-order valence-electron chi connectivity index (χ3n) is 3.90. The molecule has 0 aliphatic carbocycles. The van der Waals surface area contributed by atoms with Gasteiger partial charge in [0, 0.05) is 0 Å². The average molecular weight is 226 g/mol. The van der Waals surface area contributed by atoms with Crippen LogP contribution in [0.3, 0.4) is 0 Å². The molecule has 4 nitrogen and oxygen atoms in total. The summed E-state index contributed by atoms with van der Waals surface area (Å²) in [7, 11) is 0. The van der Waals surface area contributed by atoms with Crippen molar-refractivity contribution >= 4 is 5.91 Å². The Morgan fingerprint density at radius 3 is 2.81 bits per heavy atom. The summed E-state index contributed by atoms with van der Waals surface area (Å²) in [4.78, 5) is 13.9. The Kier molecular flexibility index (Phi) is 3.22. The van der Waals surface area contributed by atoms with Crippen LogP contribution in [-0.4, -0.2) is 47.2 Å². The van der Waals surface area contributed by atoms with Gasteiger partial charge in [-0.3, -0.25) is 4.79 Å². The minimum absolute atomic E-state index is 0.0230. The molecule has 0 aromatic carbocycles. The highest BCUT2D eigenvalue weighted by Crippen LogP contribution is 2.26. The summed E-state index contributed by atoms with van der Waals surface area (Å²) in [5.74, 6) is 0.797. The first kappa shape index (κ1) is 11.9. The minimum Gasteiger partial charge on any atom is -0.386 e. The lowest BCUT2D eigenvalue weighted by atomic mass is 9.88. The second-order valence-electron chi connectivity index (χ2n) is 5.41. The number of piperidine rings is 1. The fraction of sp³-hybridized carbons (Fsp3) is 0.917. The Hall–Kier alpha value is -0.610. The number of likely N-dealkylation sites (tertiary alicyclic amines) is 1. The topological polar surface area (TPSA) is 52.6 Å². The number of aliphatic hydroxyl groups is 1. The molecule has 2 fully saturated rings. The smallest absolute Gasteiger partial charge is 0.239 e. The van der Waals surface area contributed by atoms with Gasteiger partial charge < -0.3 is 15.3 Å². The number of hydrogen-bond acceptors (Lipinski definition) is 3. The Labute approximate surface area is 97.0 Å². The lowest BCUT2D eigenvalue weighted by Crippen LogP contribution is -2.66. The highest BCUT2D eigenvalue weighted by molar-refractivity contribution is 5.83. The molecule has 0 radical (unpaired) electrons. The van der Waals surface area contributed by atoms with Crippen molar-refractivity contribution in [2.24, 2.45) is 5.92 Å². The fourth-order valence-electron chi connectivity index (χ4n) is 2.56. The Morgan fingerprint density at radius 1 is 1.56 bits per heavy atom. The van der Waals surface area contributed by atoms with E-state index in [1.54, 1.807) is 4.90 Å². The van der Waals surface area contributed by atoms with Gasteiger partial charge in [-0.05, 0) is 31.7 Å². The molecule has 2 aliphatic heterocycles. The molecule has 0 spiro atoms. The monoisotopic (exact) mass is 226 g/mol. The van der Waals surface area contributed by atoms with Gasteiger partial charge in [0.1, 0.15) is 0 Å². The van der Waals surface area contributed by atoms with E-state index in [0.717, 1.165) is 25.8 Å². The number of nitrogens with zero attached hydrogens (tertiary/aromatic N) is 1. The van der Waals surface area contributed by atoms with Crippen molar-refractivity contribution in [1.82, 2.24) is 10.2 Å². The molecule has 2 saturated heterocycles. The average Bonchev–Trinajstić information content (AvgIpc) is 2.24. The Balaban J connectivity index is 1.85. The number of carbonyl (C=O) groups excluding carboxylic acids is 1. The van der Waals surface area contributed by atoms with E-state index >= 15 is 0 Å². The fourth-order valence-corrected chi connectivity index (χ4v) is 2.56. The first-order valence-corrected chi connectivity index (χ1v) is 6.28. The summed E-state index contributed by atoms with van der Waals surface area (Å²) in [6.45, 7) is 6.11. The van der Waals surface area contributed by atoms with Gasteiger partial charge in [0.2, 0.25) is 5.91 Å². The quantitative estimate of drug-likeness (QED) is 0.715. The van der Waals surface area contributed by atoms with Gasteiger partial charge in [0.05, 0.1) is 24.7 Å². The maximum atomic E-state index is 12.1. The largest absolute Gasteiger partial charge is 0.386 e.